The second-order valence-electron chi connectivity index (χ2n) is 4.69. The first-order valence-corrected chi connectivity index (χ1v) is 6.80. The van der Waals surface area contributed by atoms with Gasteiger partial charge in [0, 0.05) is 24.8 Å². The highest BCUT2D eigenvalue weighted by molar-refractivity contribution is 6.32. The highest BCUT2D eigenvalue weighted by Gasteiger charge is 2.19. The molecule has 0 radical (unpaired) electrons. The van der Waals surface area contributed by atoms with Gasteiger partial charge in [0.1, 0.15) is 5.75 Å². The first-order valence-electron chi connectivity index (χ1n) is 6.42. The third-order valence-corrected chi connectivity index (χ3v) is 3.33. The van der Waals surface area contributed by atoms with E-state index in [1.54, 1.807) is 6.07 Å². The number of nitrogens with zero attached hydrogens (tertiary/aromatic N) is 1. The molecule has 4 heteroatoms. The van der Waals surface area contributed by atoms with E-state index >= 15 is 0 Å². The van der Waals surface area contributed by atoms with Crippen LogP contribution >= 0.6 is 11.6 Å². The summed E-state index contributed by atoms with van der Waals surface area (Å²) in [7, 11) is 0. The fourth-order valence-corrected chi connectivity index (χ4v) is 1.94. The molecule has 98 valence electrons. The van der Waals surface area contributed by atoms with Crippen molar-refractivity contribution in [2.24, 2.45) is 0 Å². The van der Waals surface area contributed by atoms with E-state index < -0.39 is 0 Å². The van der Waals surface area contributed by atoms with Crippen molar-refractivity contribution in [3.63, 3.8) is 0 Å². The number of nitrogens with one attached hydrogen (secondary N) is 1. The minimum absolute atomic E-state index is 0.559. The Kier molecular flexibility index (Phi) is 3.67. The Bertz CT molecular complexity index is 552. The summed E-state index contributed by atoms with van der Waals surface area (Å²) in [6, 6.07) is 12.0. The Morgan fingerprint density at radius 1 is 1.21 bits per heavy atom. The molecule has 1 heterocycles. The number of hydrogen-bond acceptors (Lipinski definition) is 3. The average molecular weight is 275 g/mol. The Morgan fingerprint density at radius 3 is 2.74 bits per heavy atom. The summed E-state index contributed by atoms with van der Waals surface area (Å²) in [6.07, 6.45) is 4.42. The summed E-state index contributed by atoms with van der Waals surface area (Å²) in [5.41, 5.74) is 1.17. The molecule has 0 aliphatic heterocycles. The van der Waals surface area contributed by atoms with Crippen LogP contribution in [-0.4, -0.2) is 11.0 Å². The van der Waals surface area contributed by atoms with Gasteiger partial charge in [0.2, 0.25) is 5.88 Å². The molecule has 1 saturated carbocycles. The second-order valence-corrected chi connectivity index (χ2v) is 5.10. The quantitative estimate of drug-likeness (QED) is 0.901. The van der Waals surface area contributed by atoms with Crippen LogP contribution in [0.25, 0.3) is 0 Å². The Balaban J connectivity index is 1.63. The van der Waals surface area contributed by atoms with Gasteiger partial charge in [-0.3, -0.25) is 0 Å². The zero-order chi connectivity index (χ0) is 13.1. The monoisotopic (exact) mass is 274 g/mol. The molecule has 3 rings (SSSR count). The van der Waals surface area contributed by atoms with Gasteiger partial charge in [-0.05, 0) is 30.5 Å². The third kappa shape index (κ3) is 3.46. The maximum Gasteiger partial charge on any atom is 0.219 e. The van der Waals surface area contributed by atoms with Crippen LogP contribution in [0.5, 0.6) is 11.6 Å². The van der Waals surface area contributed by atoms with Crippen molar-refractivity contribution in [1.82, 2.24) is 10.3 Å². The lowest BCUT2D eigenvalue weighted by atomic mass is 10.3. The molecule has 1 fully saturated rings. The van der Waals surface area contributed by atoms with Crippen LogP contribution < -0.4 is 10.1 Å². The molecule has 1 aliphatic rings. The fraction of sp³-hybridized carbons (Fsp3) is 0.267. The van der Waals surface area contributed by atoms with Gasteiger partial charge in [-0.1, -0.05) is 29.8 Å². The van der Waals surface area contributed by atoms with Crippen LogP contribution in [0, 0.1) is 0 Å². The van der Waals surface area contributed by atoms with Crippen molar-refractivity contribution in [1.29, 1.82) is 0 Å². The molecule has 1 aliphatic carbocycles. The Hall–Kier alpha value is -1.58. The molecular weight excluding hydrogens is 260 g/mol. The van der Waals surface area contributed by atoms with Crippen LogP contribution in [0.2, 0.25) is 5.02 Å². The summed E-state index contributed by atoms with van der Waals surface area (Å²) in [5.74, 6) is 1.18. The standard InChI is InChI=1S/C15H15ClN2O/c16-13-3-1-2-4-14(13)19-15-8-5-11(10-18-15)9-17-12-6-7-12/h1-5,8,10,12,17H,6-7,9H2. The van der Waals surface area contributed by atoms with E-state index in [1.165, 1.54) is 18.4 Å². The maximum atomic E-state index is 6.03. The summed E-state index contributed by atoms with van der Waals surface area (Å²) in [6.45, 7) is 0.865. The average Bonchev–Trinajstić information content (AvgIpc) is 3.25. The van der Waals surface area contributed by atoms with E-state index in [9.17, 15) is 0 Å². The number of benzene rings is 1. The van der Waals surface area contributed by atoms with E-state index in [-0.39, 0.29) is 0 Å². The van der Waals surface area contributed by atoms with Crippen molar-refractivity contribution in [2.75, 3.05) is 0 Å². The van der Waals surface area contributed by atoms with Crippen molar-refractivity contribution in [3.8, 4) is 11.6 Å². The highest BCUT2D eigenvalue weighted by Crippen LogP contribution is 2.27. The lowest BCUT2D eigenvalue weighted by Gasteiger charge is -2.07. The summed E-state index contributed by atoms with van der Waals surface area (Å²) >= 11 is 6.03. The van der Waals surface area contributed by atoms with Gasteiger partial charge < -0.3 is 10.1 Å². The number of aromatic nitrogens is 1. The Labute approximate surface area is 117 Å². The van der Waals surface area contributed by atoms with Crippen LogP contribution in [-0.2, 0) is 6.54 Å². The van der Waals surface area contributed by atoms with Crippen molar-refractivity contribution in [3.05, 3.63) is 53.2 Å². The normalized spacial score (nSPS) is 14.4. The maximum absolute atomic E-state index is 6.03. The molecule has 1 aromatic carbocycles. The molecule has 0 unspecified atom stereocenters. The number of halogens is 1. The number of pyridine rings is 1. The molecule has 0 bridgehead atoms. The molecule has 0 amide bonds. The van der Waals surface area contributed by atoms with Crippen LogP contribution in [0.15, 0.2) is 42.6 Å². The van der Waals surface area contributed by atoms with Gasteiger partial charge in [0.05, 0.1) is 5.02 Å². The van der Waals surface area contributed by atoms with Crippen LogP contribution in [0.4, 0.5) is 0 Å². The first kappa shape index (κ1) is 12.5. The topological polar surface area (TPSA) is 34.1 Å². The third-order valence-electron chi connectivity index (χ3n) is 3.02. The second kappa shape index (κ2) is 5.59. The molecule has 0 spiro atoms. The smallest absolute Gasteiger partial charge is 0.219 e. The van der Waals surface area contributed by atoms with E-state index in [2.05, 4.69) is 10.3 Å². The first-order chi connectivity index (χ1) is 9.31. The van der Waals surface area contributed by atoms with E-state index in [0.717, 1.165) is 6.54 Å². The van der Waals surface area contributed by atoms with E-state index in [0.29, 0.717) is 22.7 Å². The van der Waals surface area contributed by atoms with E-state index in [4.69, 9.17) is 16.3 Å². The molecule has 3 nitrogen and oxygen atoms in total. The van der Waals surface area contributed by atoms with Crippen molar-refractivity contribution >= 4 is 11.6 Å². The van der Waals surface area contributed by atoms with Crippen LogP contribution in [0.3, 0.4) is 0 Å². The lowest BCUT2D eigenvalue weighted by Crippen LogP contribution is -2.15. The predicted molar refractivity (Wildman–Crippen MR) is 75.6 cm³/mol. The SMILES string of the molecule is Clc1ccccc1Oc1ccc(CNC2CC2)cn1. The number of hydrogen-bond donors (Lipinski definition) is 1. The van der Waals surface area contributed by atoms with Gasteiger partial charge in [-0.15, -0.1) is 0 Å². The fourth-order valence-electron chi connectivity index (χ4n) is 1.77. The van der Waals surface area contributed by atoms with Gasteiger partial charge in [-0.25, -0.2) is 4.98 Å². The zero-order valence-electron chi connectivity index (χ0n) is 10.5. The molecule has 0 atom stereocenters. The van der Waals surface area contributed by atoms with Crippen molar-refractivity contribution < 1.29 is 4.74 Å². The summed E-state index contributed by atoms with van der Waals surface area (Å²) < 4.78 is 5.64. The minimum atomic E-state index is 0.559. The molecular formula is C15H15ClN2O. The number of para-hydroxylation sites is 1. The summed E-state index contributed by atoms with van der Waals surface area (Å²) in [5, 5.41) is 4.04. The van der Waals surface area contributed by atoms with E-state index in [1.807, 2.05) is 36.5 Å². The minimum Gasteiger partial charge on any atom is -0.437 e. The molecule has 0 saturated heterocycles. The Morgan fingerprint density at radius 2 is 2.05 bits per heavy atom. The molecule has 2 aromatic rings. The largest absolute Gasteiger partial charge is 0.437 e. The van der Waals surface area contributed by atoms with Gasteiger partial charge in [-0.2, -0.15) is 0 Å². The summed E-state index contributed by atoms with van der Waals surface area (Å²) in [4.78, 5) is 4.29. The van der Waals surface area contributed by atoms with Gasteiger partial charge >= 0.3 is 0 Å². The number of rotatable bonds is 5. The predicted octanol–water partition coefficient (Wildman–Crippen LogP) is 3.78. The number of ether oxygens (including phenoxy) is 1. The van der Waals surface area contributed by atoms with Crippen molar-refractivity contribution in [2.45, 2.75) is 25.4 Å². The highest BCUT2D eigenvalue weighted by atomic mass is 35.5. The zero-order valence-corrected chi connectivity index (χ0v) is 11.2. The molecule has 1 N–H and O–H groups in total. The van der Waals surface area contributed by atoms with Crippen LogP contribution in [0.1, 0.15) is 18.4 Å². The van der Waals surface area contributed by atoms with Gasteiger partial charge in [0.25, 0.3) is 0 Å². The van der Waals surface area contributed by atoms with Gasteiger partial charge in [0.15, 0.2) is 0 Å². The lowest BCUT2D eigenvalue weighted by molar-refractivity contribution is 0.462. The molecule has 1 aromatic heterocycles. The molecule has 19 heavy (non-hydrogen) atoms.